The number of likely N-dealkylation sites (tertiary alicyclic amines) is 1. The quantitative estimate of drug-likeness (QED) is 0.770. The Hall–Kier alpha value is -0.410. The Kier molecular flexibility index (Phi) is 3.54. The van der Waals surface area contributed by atoms with E-state index in [0.29, 0.717) is 0 Å². The van der Waals surface area contributed by atoms with Crippen molar-refractivity contribution < 1.29 is 0 Å². The predicted molar refractivity (Wildman–Crippen MR) is 61.4 cm³/mol. The first-order valence-electron chi connectivity index (χ1n) is 5.06. The molecule has 76 valence electrons. The molecule has 3 heteroatoms. The Morgan fingerprint density at radius 2 is 2.43 bits per heavy atom. The van der Waals surface area contributed by atoms with E-state index in [1.54, 1.807) is 0 Å². The number of hydrogen-bond acceptors (Lipinski definition) is 2. The van der Waals surface area contributed by atoms with Crippen LogP contribution >= 0.6 is 15.9 Å². The Morgan fingerprint density at radius 3 is 3.07 bits per heavy atom. The summed E-state index contributed by atoms with van der Waals surface area (Å²) in [6.45, 7) is 3.43. The van der Waals surface area contributed by atoms with E-state index in [1.807, 2.05) is 12.3 Å². The van der Waals surface area contributed by atoms with Crippen molar-refractivity contribution >= 4 is 15.9 Å². The summed E-state index contributed by atoms with van der Waals surface area (Å²) in [6.07, 6.45) is 3.19. The highest BCUT2D eigenvalue weighted by Crippen LogP contribution is 2.19. The number of hydrogen-bond donors (Lipinski definition) is 0. The van der Waals surface area contributed by atoms with Gasteiger partial charge in [0.25, 0.3) is 0 Å². The molecule has 1 aliphatic heterocycles. The standard InChI is InChI=1S/C11H15BrN2/c12-7-10-4-6-14(8-10)9-11-3-1-2-5-13-11/h1-3,5,10H,4,6-9H2. The molecule has 1 fully saturated rings. The lowest BCUT2D eigenvalue weighted by atomic mass is 10.2. The summed E-state index contributed by atoms with van der Waals surface area (Å²) in [7, 11) is 0. The predicted octanol–water partition coefficient (Wildman–Crippen LogP) is 2.30. The summed E-state index contributed by atoms with van der Waals surface area (Å²) in [4.78, 5) is 6.82. The van der Waals surface area contributed by atoms with Crippen LogP contribution in [0.4, 0.5) is 0 Å². The molecule has 14 heavy (non-hydrogen) atoms. The van der Waals surface area contributed by atoms with E-state index in [4.69, 9.17) is 0 Å². The number of alkyl halides is 1. The van der Waals surface area contributed by atoms with Gasteiger partial charge in [-0.05, 0) is 31.0 Å². The molecule has 1 atom stereocenters. The molecule has 0 N–H and O–H groups in total. The Labute approximate surface area is 93.5 Å². The maximum atomic E-state index is 4.34. The minimum absolute atomic E-state index is 0.832. The highest BCUT2D eigenvalue weighted by Gasteiger charge is 2.21. The third kappa shape index (κ3) is 2.55. The summed E-state index contributed by atoms with van der Waals surface area (Å²) in [5.74, 6) is 0.832. The van der Waals surface area contributed by atoms with E-state index in [-0.39, 0.29) is 0 Å². The number of rotatable bonds is 3. The van der Waals surface area contributed by atoms with Crippen LogP contribution in [0.5, 0.6) is 0 Å². The average molecular weight is 255 g/mol. The van der Waals surface area contributed by atoms with Gasteiger partial charge in [0.15, 0.2) is 0 Å². The van der Waals surface area contributed by atoms with E-state index in [1.165, 1.54) is 25.2 Å². The normalized spacial score (nSPS) is 22.8. The Balaban J connectivity index is 1.88. The zero-order valence-electron chi connectivity index (χ0n) is 8.19. The average Bonchev–Trinajstić information content (AvgIpc) is 2.67. The Bertz CT molecular complexity index is 276. The summed E-state index contributed by atoms with van der Waals surface area (Å²) >= 11 is 3.55. The minimum Gasteiger partial charge on any atom is -0.297 e. The van der Waals surface area contributed by atoms with Crippen LogP contribution in [-0.2, 0) is 6.54 Å². The second-order valence-electron chi connectivity index (χ2n) is 3.87. The van der Waals surface area contributed by atoms with Gasteiger partial charge in [0.1, 0.15) is 0 Å². The number of aromatic nitrogens is 1. The second kappa shape index (κ2) is 4.89. The fraction of sp³-hybridized carbons (Fsp3) is 0.545. The fourth-order valence-electron chi connectivity index (χ4n) is 1.90. The summed E-state index contributed by atoms with van der Waals surface area (Å²) in [6, 6.07) is 6.12. The van der Waals surface area contributed by atoms with Crippen molar-refractivity contribution in [1.29, 1.82) is 0 Å². The number of nitrogens with zero attached hydrogens (tertiary/aromatic N) is 2. The SMILES string of the molecule is BrCC1CCN(Cc2ccccn2)C1. The summed E-state index contributed by atoms with van der Waals surface area (Å²) in [5.41, 5.74) is 1.18. The van der Waals surface area contributed by atoms with E-state index in [2.05, 4.69) is 37.9 Å². The molecule has 1 aliphatic rings. The van der Waals surface area contributed by atoms with Crippen molar-refractivity contribution in [3.8, 4) is 0 Å². The van der Waals surface area contributed by atoms with Crippen LogP contribution in [-0.4, -0.2) is 28.3 Å². The van der Waals surface area contributed by atoms with Gasteiger partial charge >= 0.3 is 0 Å². The van der Waals surface area contributed by atoms with Crippen LogP contribution in [0.3, 0.4) is 0 Å². The molecule has 2 nitrogen and oxygen atoms in total. The molecule has 0 saturated carbocycles. The first-order chi connectivity index (χ1) is 6.88. The number of pyridine rings is 1. The van der Waals surface area contributed by atoms with Gasteiger partial charge in [0.2, 0.25) is 0 Å². The fourth-order valence-corrected chi connectivity index (χ4v) is 2.43. The van der Waals surface area contributed by atoms with Crippen molar-refractivity contribution in [2.24, 2.45) is 5.92 Å². The first kappa shape index (κ1) is 10.1. The van der Waals surface area contributed by atoms with Gasteiger partial charge in [-0.1, -0.05) is 22.0 Å². The van der Waals surface area contributed by atoms with Crippen LogP contribution in [0.15, 0.2) is 24.4 Å². The third-order valence-electron chi connectivity index (χ3n) is 2.70. The lowest BCUT2D eigenvalue weighted by Gasteiger charge is -2.14. The van der Waals surface area contributed by atoms with Gasteiger partial charge in [0.05, 0.1) is 5.69 Å². The monoisotopic (exact) mass is 254 g/mol. The van der Waals surface area contributed by atoms with Gasteiger partial charge < -0.3 is 0 Å². The van der Waals surface area contributed by atoms with Crippen LogP contribution in [0.1, 0.15) is 12.1 Å². The maximum Gasteiger partial charge on any atom is 0.0543 e. The Morgan fingerprint density at radius 1 is 1.50 bits per heavy atom. The molecule has 1 unspecified atom stereocenters. The van der Waals surface area contributed by atoms with Gasteiger partial charge in [0, 0.05) is 24.6 Å². The van der Waals surface area contributed by atoms with Crippen molar-refractivity contribution in [2.45, 2.75) is 13.0 Å². The van der Waals surface area contributed by atoms with Crippen LogP contribution in [0.25, 0.3) is 0 Å². The summed E-state index contributed by atoms with van der Waals surface area (Å²) < 4.78 is 0. The van der Waals surface area contributed by atoms with E-state index >= 15 is 0 Å². The highest BCUT2D eigenvalue weighted by atomic mass is 79.9. The molecular formula is C11H15BrN2. The van der Waals surface area contributed by atoms with Crippen molar-refractivity contribution in [3.63, 3.8) is 0 Å². The van der Waals surface area contributed by atoms with Crippen molar-refractivity contribution in [1.82, 2.24) is 9.88 Å². The molecule has 2 heterocycles. The first-order valence-corrected chi connectivity index (χ1v) is 6.19. The van der Waals surface area contributed by atoms with Gasteiger partial charge in [-0.2, -0.15) is 0 Å². The second-order valence-corrected chi connectivity index (χ2v) is 4.51. The van der Waals surface area contributed by atoms with Gasteiger partial charge in [-0.15, -0.1) is 0 Å². The molecule has 0 aromatic carbocycles. The minimum atomic E-state index is 0.832. The molecule has 1 aromatic rings. The zero-order valence-corrected chi connectivity index (χ0v) is 9.78. The van der Waals surface area contributed by atoms with Crippen LogP contribution in [0.2, 0.25) is 0 Å². The van der Waals surface area contributed by atoms with Crippen LogP contribution in [0, 0.1) is 5.92 Å². The van der Waals surface area contributed by atoms with Gasteiger partial charge in [-0.25, -0.2) is 0 Å². The molecule has 0 radical (unpaired) electrons. The molecule has 1 aromatic heterocycles. The summed E-state index contributed by atoms with van der Waals surface area (Å²) in [5, 5.41) is 1.13. The van der Waals surface area contributed by atoms with E-state index in [9.17, 15) is 0 Å². The largest absolute Gasteiger partial charge is 0.297 e. The molecule has 0 spiro atoms. The lowest BCUT2D eigenvalue weighted by molar-refractivity contribution is 0.317. The molecule has 2 rings (SSSR count). The highest BCUT2D eigenvalue weighted by molar-refractivity contribution is 9.09. The van der Waals surface area contributed by atoms with Gasteiger partial charge in [-0.3, -0.25) is 9.88 Å². The number of halogens is 1. The van der Waals surface area contributed by atoms with E-state index < -0.39 is 0 Å². The molecular weight excluding hydrogens is 240 g/mol. The molecule has 0 bridgehead atoms. The molecule has 0 aliphatic carbocycles. The lowest BCUT2D eigenvalue weighted by Crippen LogP contribution is -2.20. The maximum absolute atomic E-state index is 4.34. The molecule has 1 saturated heterocycles. The van der Waals surface area contributed by atoms with Crippen molar-refractivity contribution in [3.05, 3.63) is 30.1 Å². The third-order valence-corrected chi connectivity index (χ3v) is 3.62. The smallest absolute Gasteiger partial charge is 0.0543 e. The zero-order chi connectivity index (χ0) is 9.80. The molecule has 0 amide bonds. The topological polar surface area (TPSA) is 16.1 Å². The van der Waals surface area contributed by atoms with Crippen molar-refractivity contribution in [2.75, 3.05) is 18.4 Å². The van der Waals surface area contributed by atoms with E-state index in [0.717, 1.165) is 17.8 Å². The van der Waals surface area contributed by atoms with Crippen LogP contribution < -0.4 is 0 Å².